The van der Waals surface area contributed by atoms with Gasteiger partial charge in [-0.2, -0.15) is 0 Å². The van der Waals surface area contributed by atoms with Gasteiger partial charge in [-0.3, -0.25) is 10.1 Å². The average Bonchev–Trinajstić information content (AvgIpc) is 2.73. The highest BCUT2D eigenvalue weighted by atomic mass is 79.9. The molecule has 0 radical (unpaired) electrons. The van der Waals surface area contributed by atoms with Crippen molar-refractivity contribution in [3.8, 4) is 0 Å². The lowest BCUT2D eigenvalue weighted by atomic mass is 10.2. The standard InChI is InChI=1S/C11H7BrF2N2O3/c12-7-1-2-19-10(7)5-15-11-8(14)3-6(13)4-9(11)16(17)18/h1-4,15H,5H2. The molecule has 0 bridgehead atoms. The van der Waals surface area contributed by atoms with E-state index in [1.54, 1.807) is 6.07 Å². The normalized spacial score (nSPS) is 10.5. The van der Waals surface area contributed by atoms with E-state index in [0.717, 1.165) is 0 Å². The highest BCUT2D eigenvalue weighted by Crippen LogP contribution is 2.29. The van der Waals surface area contributed by atoms with Crippen molar-refractivity contribution >= 4 is 27.3 Å². The zero-order valence-corrected chi connectivity index (χ0v) is 10.9. The molecule has 8 heteroatoms. The molecule has 100 valence electrons. The van der Waals surface area contributed by atoms with Crippen molar-refractivity contribution in [1.82, 2.24) is 0 Å². The first-order valence-corrected chi connectivity index (χ1v) is 5.87. The predicted octanol–water partition coefficient (Wildman–Crippen LogP) is 3.84. The van der Waals surface area contributed by atoms with Crippen LogP contribution in [-0.2, 0) is 6.54 Å². The second kappa shape index (κ2) is 5.35. The van der Waals surface area contributed by atoms with E-state index in [0.29, 0.717) is 22.4 Å². The Bertz CT molecular complexity index is 630. The number of hydrogen-bond donors (Lipinski definition) is 1. The van der Waals surface area contributed by atoms with E-state index in [-0.39, 0.29) is 12.2 Å². The van der Waals surface area contributed by atoms with E-state index in [2.05, 4.69) is 21.2 Å². The number of nitro benzene ring substituents is 1. The fraction of sp³-hybridized carbons (Fsp3) is 0.0909. The number of benzene rings is 1. The van der Waals surface area contributed by atoms with Gasteiger partial charge < -0.3 is 9.73 Å². The van der Waals surface area contributed by atoms with Crippen LogP contribution < -0.4 is 5.32 Å². The summed E-state index contributed by atoms with van der Waals surface area (Å²) in [5.41, 5.74) is -1.05. The Morgan fingerprint density at radius 1 is 1.42 bits per heavy atom. The molecule has 1 aromatic heterocycles. The molecule has 2 rings (SSSR count). The summed E-state index contributed by atoms with van der Waals surface area (Å²) in [6, 6.07) is 2.86. The monoisotopic (exact) mass is 332 g/mol. The number of nitro groups is 1. The van der Waals surface area contributed by atoms with E-state index < -0.39 is 22.2 Å². The second-order valence-electron chi connectivity index (χ2n) is 3.58. The fourth-order valence-electron chi connectivity index (χ4n) is 1.50. The van der Waals surface area contributed by atoms with Crippen molar-refractivity contribution in [2.24, 2.45) is 0 Å². The van der Waals surface area contributed by atoms with Gasteiger partial charge in [0.05, 0.1) is 28.3 Å². The van der Waals surface area contributed by atoms with Crippen molar-refractivity contribution in [1.29, 1.82) is 0 Å². The maximum Gasteiger partial charge on any atom is 0.298 e. The number of furan rings is 1. The van der Waals surface area contributed by atoms with Crippen LogP contribution in [0, 0.1) is 21.7 Å². The lowest BCUT2D eigenvalue weighted by Gasteiger charge is -2.07. The Kier molecular flexibility index (Phi) is 3.79. The van der Waals surface area contributed by atoms with Crippen molar-refractivity contribution < 1.29 is 18.1 Å². The molecule has 1 aromatic carbocycles. The van der Waals surface area contributed by atoms with E-state index >= 15 is 0 Å². The fourth-order valence-corrected chi connectivity index (χ4v) is 1.84. The molecule has 0 aliphatic carbocycles. The molecular weight excluding hydrogens is 326 g/mol. The van der Waals surface area contributed by atoms with Crippen LogP contribution in [0.1, 0.15) is 5.76 Å². The van der Waals surface area contributed by atoms with Crippen LogP contribution in [0.2, 0.25) is 0 Å². The number of anilines is 1. The van der Waals surface area contributed by atoms with Crippen LogP contribution in [0.3, 0.4) is 0 Å². The Hall–Kier alpha value is -1.96. The van der Waals surface area contributed by atoms with Gasteiger partial charge in [-0.15, -0.1) is 0 Å². The molecule has 0 amide bonds. The van der Waals surface area contributed by atoms with Crippen molar-refractivity contribution in [3.63, 3.8) is 0 Å². The largest absolute Gasteiger partial charge is 0.466 e. The minimum atomic E-state index is -1.03. The molecule has 5 nitrogen and oxygen atoms in total. The average molecular weight is 333 g/mol. The molecule has 19 heavy (non-hydrogen) atoms. The molecule has 0 aliphatic rings. The van der Waals surface area contributed by atoms with Gasteiger partial charge >= 0.3 is 0 Å². The number of hydrogen-bond acceptors (Lipinski definition) is 4. The number of nitrogens with one attached hydrogen (secondary N) is 1. The van der Waals surface area contributed by atoms with Crippen LogP contribution in [-0.4, -0.2) is 4.92 Å². The van der Waals surface area contributed by atoms with Gasteiger partial charge in [0, 0.05) is 6.07 Å². The summed E-state index contributed by atoms with van der Waals surface area (Å²) in [5.74, 6) is -1.60. The number of rotatable bonds is 4. The first-order valence-electron chi connectivity index (χ1n) is 5.08. The van der Waals surface area contributed by atoms with Crippen LogP contribution in [0.5, 0.6) is 0 Å². The second-order valence-corrected chi connectivity index (χ2v) is 4.44. The van der Waals surface area contributed by atoms with Gasteiger partial charge in [0.1, 0.15) is 17.3 Å². The van der Waals surface area contributed by atoms with E-state index in [1.807, 2.05) is 0 Å². The summed E-state index contributed by atoms with van der Waals surface area (Å²) in [4.78, 5) is 9.90. The highest BCUT2D eigenvalue weighted by molar-refractivity contribution is 9.10. The molecule has 0 fully saturated rings. The maximum absolute atomic E-state index is 13.6. The van der Waals surface area contributed by atoms with Crippen LogP contribution in [0.4, 0.5) is 20.2 Å². The van der Waals surface area contributed by atoms with Gasteiger partial charge in [0.25, 0.3) is 5.69 Å². The molecule has 0 unspecified atom stereocenters. The summed E-state index contributed by atoms with van der Waals surface area (Å²) >= 11 is 3.20. The smallest absolute Gasteiger partial charge is 0.298 e. The highest BCUT2D eigenvalue weighted by Gasteiger charge is 2.20. The molecule has 0 saturated carbocycles. The van der Waals surface area contributed by atoms with Gasteiger partial charge in [-0.1, -0.05) is 0 Å². The predicted molar refractivity (Wildman–Crippen MR) is 66.7 cm³/mol. The minimum Gasteiger partial charge on any atom is -0.466 e. The lowest BCUT2D eigenvalue weighted by molar-refractivity contribution is -0.384. The van der Waals surface area contributed by atoms with Gasteiger partial charge in [0.2, 0.25) is 0 Å². The first kappa shape index (κ1) is 13.5. The van der Waals surface area contributed by atoms with Gasteiger partial charge in [-0.25, -0.2) is 8.78 Å². The summed E-state index contributed by atoms with van der Waals surface area (Å²) < 4.78 is 32.2. The van der Waals surface area contributed by atoms with Gasteiger partial charge in [-0.05, 0) is 22.0 Å². The molecule has 1 heterocycles. The Morgan fingerprint density at radius 2 is 2.16 bits per heavy atom. The van der Waals surface area contributed by atoms with Crippen LogP contribution in [0.15, 0.2) is 33.4 Å². The quantitative estimate of drug-likeness (QED) is 0.682. The molecule has 0 saturated heterocycles. The van der Waals surface area contributed by atoms with Crippen LogP contribution in [0.25, 0.3) is 0 Å². The maximum atomic E-state index is 13.6. The third-order valence-corrected chi connectivity index (χ3v) is 3.05. The molecule has 0 aliphatic heterocycles. The topological polar surface area (TPSA) is 68.3 Å². The lowest BCUT2D eigenvalue weighted by Crippen LogP contribution is -2.05. The SMILES string of the molecule is O=[N+]([O-])c1cc(F)cc(F)c1NCc1occc1Br. The Labute approximate surface area is 114 Å². The summed E-state index contributed by atoms with van der Waals surface area (Å²) in [6.45, 7) is 0.0248. The summed E-state index contributed by atoms with van der Waals surface area (Å²) in [5, 5.41) is 13.3. The van der Waals surface area contributed by atoms with E-state index in [1.165, 1.54) is 6.26 Å². The number of halogens is 3. The van der Waals surface area contributed by atoms with Crippen molar-refractivity contribution in [2.45, 2.75) is 6.54 Å². The molecule has 0 spiro atoms. The van der Waals surface area contributed by atoms with Crippen molar-refractivity contribution in [3.05, 3.63) is 56.4 Å². The third kappa shape index (κ3) is 2.90. The Balaban J connectivity index is 2.29. The van der Waals surface area contributed by atoms with E-state index in [9.17, 15) is 18.9 Å². The first-order chi connectivity index (χ1) is 8.99. The number of nitrogens with zero attached hydrogens (tertiary/aromatic N) is 1. The van der Waals surface area contributed by atoms with Gasteiger partial charge in [0.15, 0.2) is 5.82 Å². The third-order valence-electron chi connectivity index (χ3n) is 2.35. The molecule has 2 aromatic rings. The molecule has 1 N–H and O–H groups in total. The van der Waals surface area contributed by atoms with Crippen LogP contribution >= 0.6 is 15.9 Å². The summed E-state index contributed by atoms with van der Waals surface area (Å²) in [6.07, 6.45) is 1.41. The minimum absolute atomic E-state index is 0.0248. The molecule has 0 atom stereocenters. The zero-order valence-electron chi connectivity index (χ0n) is 9.32. The van der Waals surface area contributed by atoms with Crippen molar-refractivity contribution in [2.75, 3.05) is 5.32 Å². The molecular formula is C11H7BrF2N2O3. The summed E-state index contributed by atoms with van der Waals surface area (Å²) in [7, 11) is 0. The van der Waals surface area contributed by atoms with E-state index in [4.69, 9.17) is 4.42 Å². The zero-order chi connectivity index (χ0) is 14.0. The Morgan fingerprint density at radius 3 is 2.74 bits per heavy atom.